The fourth-order valence-electron chi connectivity index (χ4n) is 2.51. The van der Waals surface area contributed by atoms with E-state index in [0.29, 0.717) is 18.1 Å². The number of nitrogens with one attached hydrogen (secondary N) is 2. The summed E-state index contributed by atoms with van der Waals surface area (Å²) < 4.78 is 4.92. The molecular weight excluding hydrogens is 284 g/mol. The summed E-state index contributed by atoms with van der Waals surface area (Å²) in [6.07, 6.45) is 0.733. The van der Waals surface area contributed by atoms with Gasteiger partial charge in [-0.3, -0.25) is 9.59 Å². The van der Waals surface area contributed by atoms with Gasteiger partial charge >= 0.3 is 0 Å². The Labute approximate surface area is 127 Å². The van der Waals surface area contributed by atoms with E-state index < -0.39 is 0 Å². The van der Waals surface area contributed by atoms with Crippen LogP contribution in [0.4, 0.5) is 5.69 Å². The molecule has 1 aromatic carbocycles. The minimum Gasteiger partial charge on any atom is -0.347 e. The number of para-hydroxylation sites is 1. The SMILES string of the molecule is Cc1noc(CNC(=O)CC[C@@H]2C(=O)Nc3ccccc32)n1. The summed E-state index contributed by atoms with van der Waals surface area (Å²) in [7, 11) is 0. The molecule has 0 bridgehead atoms. The minimum atomic E-state index is -0.271. The largest absolute Gasteiger partial charge is 0.347 e. The molecule has 7 heteroatoms. The van der Waals surface area contributed by atoms with Crippen molar-refractivity contribution >= 4 is 17.5 Å². The third-order valence-corrected chi connectivity index (χ3v) is 3.58. The third-order valence-electron chi connectivity index (χ3n) is 3.58. The normalized spacial score (nSPS) is 16.2. The van der Waals surface area contributed by atoms with Crippen molar-refractivity contribution in [1.29, 1.82) is 0 Å². The molecule has 2 heterocycles. The highest BCUT2D eigenvalue weighted by Gasteiger charge is 2.30. The molecule has 1 aliphatic heterocycles. The second kappa shape index (κ2) is 5.97. The van der Waals surface area contributed by atoms with Gasteiger partial charge in [-0.2, -0.15) is 4.98 Å². The van der Waals surface area contributed by atoms with Crippen molar-refractivity contribution in [3.63, 3.8) is 0 Å². The Bertz CT molecular complexity index is 710. The van der Waals surface area contributed by atoms with Gasteiger partial charge < -0.3 is 15.2 Å². The second-order valence-electron chi connectivity index (χ2n) is 5.18. The number of nitrogens with zero attached hydrogens (tertiary/aromatic N) is 2. The van der Waals surface area contributed by atoms with Crippen molar-refractivity contribution in [2.75, 3.05) is 5.32 Å². The number of fused-ring (bicyclic) bond motifs is 1. The monoisotopic (exact) mass is 300 g/mol. The maximum Gasteiger partial charge on any atom is 0.246 e. The topological polar surface area (TPSA) is 97.1 Å². The predicted octanol–water partition coefficient (Wildman–Crippen LogP) is 1.51. The third kappa shape index (κ3) is 2.98. The van der Waals surface area contributed by atoms with Crippen LogP contribution >= 0.6 is 0 Å². The zero-order valence-corrected chi connectivity index (χ0v) is 12.1. The van der Waals surface area contributed by atoms with Gasteiger partial charge in [0.1, 0.15) is 0 Å². The first-order valence-electron chi connectivity index (χ1n) is 7.09. The zero-order chi connectivity index (χ0) is 15.5. The Morgan fingerprint density at radius 2 is 2.23 bits per heavy atom. The van der Waals surface area contributed by atoms with Crippen LogP contribution in [0.15, 0.2) is 28.8 Å². The molecular formula is C15H16N4O3. The summed E-state index contributed by atoms with van der Waals surface area (Å²) in [5.41, 5.74) is 1.78. The van der Waals surface area contributed by atoms with E-state index in [9.17, 15) is 9.59 Å². The number of hydrogen-bond acceptors (Lipinski definition) is 5. The van der Waals surface area contributed by atoms with Crippen molar-refractivity contribution in [2.45, 2.75) is 32.2 Å². The fourth-order valence-corrected chi connectivity index (χ4v) is 2.51. The molecule has 1 aromatic heterocycles. The Morgan fingerprint density at radius 3 is 3.00 bits per heavy atom. The Kier molecular flexibility index (Phi) is 3.86. The molecule has 0 unspecified atom stereocenters. The van der Waals surface area contributed by atoms with E-state index in [1.807, 2.05) is 24.3 Å². The van der Waals surface area contributed by atoms with Gasteiger partial charge in [-0.1, -0.05) is 23.4 Å². The number of carbonyl (C=O) groups excluding carboxylic acids is 2. The Morgan fingerprint density at radius 1 is 1.41 bits per heavy atom. The number of rotatable bonds is 5. The van der Waals surface area contributed by atoms with Gasteiger partial charge in [0.15, 0.2) is 5.82 Å². The van der Waals surface area contributed by atoms with Crippen molar-refractivity contribution in [3.8, 4) is 0 Å². The Balaban J connectivity index is 1.52. The Hall–Kier alpha value is -2.70. The first kappa shape index (κ1) is 14.2. The minimum absolute atomic E-state index is 0.0541. The standard InChI is InChI=1S/C15H16N4O3/c1-9-17-14(22-19-9)8-16-13(20)7-6-11-10-4-2-3-5-12(10)18-15(11)21/h2-5,11H,6-8H2,1H3,(H,16,20)(H,18,21)/t11-/m0/s1. The first-order valence-corrected chi connectivity index (χ1v) is 7.09. The molecule has 2 N–H and O–H groups in total. The number of anilines is 1. The highest BCUT2D eigenvalue weighted by molar-refractivity contribution is 6.03. The van der Waals surface area contributed by atoms with Crippen LogP contribution in [0.1, 0.15) is 36.0 Å². The van der Waals surface area contributed by atoms with Crippen molar-refractivity contribution in [2.24, 2.45) is 0 Å². The summed E-state index contributed by atoms with van der Waals surface area (Å²) in [6, 6.07) is 7.55. The highest BCUT2D eigenvalue weighted by Crippen LogP contribution is 2.34. The van der Waals surface area contributed by atoms with E-state index in [4.69, 9.17) is 4.52 Å². The average Bonchev–Trinajstić information content (AvgIpc) is 3.05. The molecule has 0 aliphatic carbocycles. The van der Waals surface area contributed by atoms with Crippen LogP contribution in [0.25, 0.3) is 0 Å². The van der Waals surface area contributed by atoms with E-state index in [-0.39, 0.29) is 30.7 Å². The van der Waals surface area contributed by atoms with E-state index >= 15 is 0 Å². The smallest absolute Gasteiger partial charge is 0.246 e. The van der Waals surface area contributed by atoms with E-state index in [1.54, 1.807) is 6.92 Å². The number of aryl methyl sites for hydroxylation is 1. The van der Waals surface area contributed by atoms with Crippen LogP contribution in [0.3, 0.4) is 0 Å². The molecule has 1 atom stereocenters. The lowest BCUT2D eigenvalue weighted by Gasteiger charge is -2.08. The van der Waals surface area contributed by atoms with Crippen LogP contribution in [0.5, 0.6) is 0 Å². The lowest BCUT2D eigenvalue weighted by atomic mass is 9.95. The van der Waals surface area contributed by atoms with Crippen LogP contribution in [0.2, 0.25) is 0 Å². The molecule has 1 aliphatic rings. The number of benzene rings is 1. The molecule has 22 heavy (non-hydrogen) atoms. The molecule has 7 nitrogen and oxygen atoms in total. The molecule has 2 amide bonds. The molecule has 0 saturated carbocycles. The number of aromatic nitrogens is 2. The van der Waals surface area contributed by atoms with Crippen LogP contribution < -0.4 is 10.6 Å². The molecule has 2 aromatic rings. The highest BCUT2D eigenvalue weighted by atomic mass is 16.5. The van der Waals surface area contributed by atoms with Crippen LogP contribution in [0, 0.1) is 6.92 Å². The summed E-state index contributed by atoms with van der Waals surface area (Å²) in [4.78, 5) is 27.8. The molecule has 3 rings (SSSR count). The van der Waals surface area contributed by atoms with E-state index in [1.165, 1.54) is 0 Å². The molecule has 0 radical (unpaired) electrons. The fraction of sp³-hybridized carbons (Fsp3) is 0.333. The maximum absolute atomic E-state index is 11.9. The van der Waals surface area contributed by atoms with Gasteiger partial charge in [-0.15, -0.1) is 0 Å². The number of hydrogen-bond donors (Lipinski definition) is 2. The van der Waals surface area contributed by atoms with Gasteiger partial charge in [-0.25, -0.2) is 0 Å². The number of carbonyl (C=O) groups is 2. The van der Waals surface area contributed by atoms with Crippen molar-refractivity contribution in [3.05, 3.63) is 41.5 Å². The first-order chi connectivity index (χ1) is 10.6. The molecule has 114 valence electrons. The molecule has 0 fully saturated rings. The molecule has 0 saturated heterocycles. The summed E-state index contributed by atoms with van der Waals surface area (Å²) in [6.45, 7) is 1.91. The predicted molar refractivity (Wildman–Crippen MR) is 77.9 cm³/mol. The lowest BCUT2D eigenvalue weighted by Crippen LogP contribution is -2.24. The second-order valence-corrected chi connectivity index (χ2v) is 5.18. The number of amides is 2. The summed E-state index contributed by atoms with van der Waals surface area (Å²) in [5, 5.41) is 9.18. The zero-order valence-electron chi connectivity index (χ0n) is 12.1. The molecule has 0 spiro atoms. The van der Waals surface area contributed by atoms with Crippen molar-refractivity contribution < 1.29 is 14.1 Å². The van der Waals surface area contributed by atoms with Gasteiger partial charge in [0.25, 0.3) is 0 Å². The maximum atomic E-state index is 11.9. The van der Waals surface area contributed by atoms with E-state index in [2.05, 4.69) is 20.8 Å². The average molecular weight is 300 g/mol. The lowest BCUT2D eigenvalue weighted by molar-refractivity contribution is -0.121. The van der Waals surface area contributed by atoms with Gasteiger partial charge in [0, 0.05) is 12.1 Å². The summed E-state index contributed by atoms with van der Waals surface area (Å²) in [5.74, 6) is 0.431. The van der Waals surface area contributed by atoms with Gasteiger partial charge in [-0.05, 0) is 25.0 Å². The van der Waals surface area contributed by atoms with Crippen LogP contribution in [-0.4, -0.2) is 22.0 Å². The van der Waals surface area contributed by atoms with E-state index in [0.717, 1.165) is 11.3 Å². The van der Waals surface area contributed by atoms with Gasteiger partial charge in [0.05, 0.1) is 12.5 Å². The quantitative estimate of drug-likeness (QED) is 0.872. The van der Waals surface area contributed by atoms with Crippen LogP contribution in [-0.2, 0) is 16.1 Å². The van der Waals surface area contributed by atoms with Gasteiger partial charge in [0.2, 0.25) is 17.7 Å². The van der Waals surface area contributed by atoms with Crippen molar-refractivity contribution in [1.82, 2.24) is 15.5 Å². The summed E-state index contributed by atoms with van der Waals surface area (Å²) >= 11 is 0.